The van der Waals surface area contributed by atoms with Crippen LogP contribution in [0.3, 0.4) is 0 Å². The standard InChI is InChI=1S/C9H13NO2S.C7H8ClNOS.C7H9NO2S.C5H9BrO.C5H10O.C4H7NO2S.2Li.H2O/c1-4-12-9(11)8-10-7(5-13-8)6(2)3;1-4(2)5-3-11-7(9-5)6(8)10;1-4(2)5-3-11-6(8-5)7(9)10;1-4(2)5(7)3-6;1-4(2)5(3)6;1-2-7-4(6)3(5)8;;;/h5-6H,4H2,1-3H3;3-4H,1-2H3;3-4H,1-2H3,(H,9,10);4H,3H2,1-2H3;4H,1-3H3;2H2,1H3,(H2,5,8);;;1H2/q;;;;;;2*+1;/p-2. The van der Waals surface area contributed by atoms with Crippen LogP contribution in [0.1, 0.15) is 154 Å². The number of aromatic carboxylic acids is 1. The molecule has 0 aliphatic rings. The number of Topliss-reactive ketones (excluding diaryl/α,β-unsaturated/α-hetero) is 2. The molecule has 3 N–H and O–H groups in total. The quantitative estimate of drug-likeness (QED) is 0.0954. The number of carboxylic acid groups (broad SMARTS) is 1. The topological polar surface area (TPSA) is 239 Å². The van der Waals surface area contributed by atoms with Gasteiger partial charge in [0.1, 0.15) is 22.5 Å². The summed E-state index contributed by atoms with van der Waals surface area (Å²) in [4.78, 5) is 74.8. The Hall–Kier alpha value is -1.88. The Kier molecular flexibility index (Phi) is 45.5. The van der Waals surface area contributed by atoms with Gasteiger partial charge in [0.15, 0.2) is 10.00 Å². The summed E-state index contributed by atoms with van der Waals surface area (Å²) in [6.45, 7) is 25.4. The van der Waals surface area contributed by atoms with Crippen LogP contribution in [-0.2, 0) is 23.9 Å². The van der Waals surface area contributed by atoms with Gasteiger partial charge < -0.3 is 30.6 Å². The number of hydrogen-bond acceptors (Lipinski definition) is 17. The van der Waals surface area contributed by atoms with E-state index < -0.39 is 17.2 Å². The van der Waals surface area contributed by atoms with Crippen molar-refractivity contribution in [2.75, 3.05) is 18.5 Å². The predicted octanol–water partition coefficient (Wildman–Crippen LogP) is 2.22. The van der Waals surface area contributed by atoms with Crippen molar-refractivity contribution in [1.29, 1.82) is 0 Å². The summed E-state index contributed by atoms with van der Waals surface area (Å²) < 4.78 is 9.23. The number of carbonyl (C=O) groups is 6. The number of hydrogen-bond donors (Lipinski definition) is 1. The number of ether oxygens (including phenoxy) is 2. The third-order valence-electron chi connectivity index (χ3n) is 6.20. The average molecular weight is 974 g/mol. The molecular formula is C37H56BrClLi2N4O10S4. The van der Waals surface area contributed by atoms with Crippen LogP contribution in [0.2, 0.25) is 0 Å². The fraction of sp³-hybridized carbons (Fsp3) is 0.568. The van der Waals surface area contributed by atoms with Gasteiger partial charge in [0.25, 0.3) is 5.24 Å². The van der Waals surface area contributed by atoms with Crippen molar-refractivity contribution < 1.29 is 86.5 Å². The molecule has 3 aromatic heterocycles. The molecule has 0 aliphatic carbocycles. The van der Waals surface area contributed by atoms with E-state index in [4.69, 9.17) is 22.1 Å². The Morgan fingerprint density at radius 2 is 1.07 bits per heavy atom. The Bertz CT molecular complexity index is 1610. The molecule has 3 rings (SSSR count). The maximum Gasteiger partial charge on any atom is 1.00 e. The molecule has 0 saturated carbocycles. The van der Waals surface area contributed by atoms with Gasteiger partial charge in [-0.05, 0) is 50.1 Å². The number of aromatic nitrogens is 3. The molecule has 0 saturated heterocycles. The van der Waals surface area contributed by atoms with Crippen molar-refractivity contribution in [3.63, 3.8) is 0 Å². The van der Waals surface area contributed by atoms with Gasteiger partial charge in [-0.15, -0.1) is 34.0 Å². The van der Waals surface area contributed by atoms with E-state index in [-0.39, 0.29) is 88.5 Å². The van der Waals surface area contributed by atoms with Crippen LogP contribution in [0.5, 0.6) is 0 Å². The summed E-state index contributed by atoms with van der Waals surface area (Å²) in [6.07, 6.45) is 0. The molecule has 59 heavy (non-hydrogen) atoms. The fourth-order valence-electron chi connectivity index (χ4n) is 2.48. The number of rotatable bonds is 11. The monoisotopic (exact) mass is 972 g/mol. The number of nitrogens with zero attached hydrogens (tertiary/aromatic N) is 3. The third kappa shape index (κ3) is 34.4. The van der Waals surface area contributed by atoms with Crippen LogP contribution in [0.25, 0.3) is 0 Å². The number of esters is 2. The first kappa shape index (κ1) is 68.8. The van der Waals surface area contributed by atoms with Gasteiger partial charge in [-0.2, -0.15) is 0 Å². The number of thiocarbonyl (C=S) groups is 1. The normalized spacial score (nSPS) is 9.42. The minimum absolute atomic E-state index is 0. The molecule has 0 bridgehead atoms. The van der Waals surface area contributed by atoms with Crippen molar-refractivity contribution >= 4 is 113 Å². The first-order valence-corrected chi connectivity index (χ1v) is 21.9. The maximum atomic E-state index is 11.2. The van der Waals surface area contributed by atoms with Crippen molar-refractivity contribution in [1.82, 2.24) is 15.0 Å². The second-order valence-electron chi connectivity index (χ2n) is 12.6. The minimum atomic E-state index is -1.19. The van der Waals surface area contributed by atoms with Crippen LogP contribution in [0.4, 0.5) is 0 Å². The number of alkyl halides is 1. The van der Waals surface area contributed by atoms with Gasteiger partial charge in [0.05, 0.1) is 35.6 Å². The first-order chi connectivity index (χ1) is 25.9. The number of halogens is 2. The summed E-state index contributed by atoms with van der Waals surface area (Å²) in [5, 5.41) is 16.7. The van der Waals surface area contributed by atoms with E-state index >= 15 is 0 Å². The number of ketones is 2. The fourth-order valence-corrected chi connectivity index (χ4v) is 5.85. The maximum absolute atomic E-state index is 11.2. The van der Waals surface area contributed by atoms with Crippen LogP contribution in [0, 0.1) is 11.8 Å². The Morgan fingerprint density at radius 3 is 1.25 bits per heavy atom. The number of nitrogens with two attached hydrogens (primary N) is 1. The number of thiazole rings is 3. The van der Waals surface area contributed by atoms with Gasteiger partial charge >= 0.3 is 49.7 Å². The Labute approximate surface area is 403 Å². The van der Waals surface area contributed by atoms with Crippen LogP contribution < -0.4 is 48.6 Å². The van der Waals surface area contributed by atoms with Gasteiger partial charge in [0, 0.05) is 28.0 Å². The molecule has 22 heteroatoms. The van der Waals surface area contributed by atoms with E-state index in [0.29, 0.717) is 40.4 Å². The van der Waals surface area contributed by atoms with E-state index in [0.717, 1.165) is 28.4 Å². The molecule has 0 spiro atoms. The first-order valence-electron chi connectivity index (χ1n) is 17.4. The molecule has 324 valence electrons. The number of carboxylic acids is 1. The summed E-state index contributed by atoms with van der Waals surface area (Å²) >= 11 is 16.3. The van der Waals surface area contributed by atoms with Gasteiger partial charge in [-0.1, -0.05) is 97.4 Å². The van der Waals surface area contributed by atoms with Crippen molar-refractivity contribution in [3.05, 3.63) is 48.2 Å². The van der Waals surface area contributed by atoms with Gasteiger partial charge in [0.2, 0.25) is 5.01 Å². The molecule has 0 aromatic carbocycles. The van der Waals surface area contributed by atoms with E-state index in [2.05, 4.69) is 47.8 Å². The smallest absolute Gasteiger partial charge is 0.870 e. The Morgan fingerprint density at radius 1 is 0.729 bits per heavy atom. The zero-order valence-corrected chi connectivity index (χ0v) is 42.3. The number of carbonyl (C=O) groups excluding carboxylic acids is 6. The summed E-state index contributed by atoms with van der Waals surface area (Å²) in [5.74, 6) is -0.210. The van der Waals surface area contributed by atoms with Gasteiger partial charge in [-0.3, -0.25) is 14.4 Å². The summed E-state index contributed by atoms with van der Waals surface area (Å²) in [6, 6.07) is 0. The molecule has 0 atom stereocenters. The molecule has 0 aliphatic heterocycles. The van der Waals surface area contributed by atoms with Crippen LogP contribution in [0.15, 0.2) is 16.1 Å². The Balaban J connectivity index is -0.000000144. The second kappa shape index (κ2) is 39.0. The SMILES string of the molecule is CC(=O)C(C)C.CC(C)C(=O)CBr.CC(C)c1csc(C(=O)Cl)n1.CC(C)c1csc(C(=O)[O-])n1.CCOC(=O)C(N)=S.CCOC(=O)c1nc(C(C)C)cs1.[Li+].[Li+].[OH-]. The van der Waals surface area contributed by atoms with Crippen molar-refractivity contribution in [3.8, 4) is 0 Å². The van der Waals surface area contributed by atoms with Crippen molar-refractivity contribution in [2.24, 2.45) is 17.6 Å². The second-order valence-corrected chi connectivity index (χ2v) is 16.5. The molecule has 0 radical (unpaired) electrons. The minimum Gasteiger partial charge on any atom is -0.870 e. The zero-order chi connectivity index (χ0) is 44.3. The zero-order valence-electron chi connectivity index (χ0n) is 36.7. The van der Waals surface area contributed by atoms with E-state index in [1.54, 1.807) is 26.2 Å². The van der Waals surface area contributed by atoms with E-state index in [1.807, 2.05) is 80.0 Å². The summed E-state index contributed by atoms with van der Waals surface area (Å²) in [5.41, 5.74) is 7.57. The van der Waals surface area contributed by atoms with E-state index in [9.17, 15) is 33.9 Å². The predicted molar refractivity (Wildman–Crippen MR) is 234 cm³/mol. The van der Waals surface area contributed by atoms with E-state index in [1.165, 1.54) is 22.7 Å². The average Bonchev–Trinajstić information content (AvgIpc) is 3.91. The molecule has 3 aromatic rings. The molecule has 0 fully saturated rings. The van der Waals surface area contributed by atoms with Crippen LogP contribution in [-0.4, -0.2) is 78.7 Å². The largest absolute Gasteiger partial charge is 1.00 e. The molecule has 3 heterocycles. The summed E-state index contributed by atoms with van der Waals surface area (Å²) in [7, 11) is 0. The third-order valence-corrected chi connectivity index (χ3v) is 9.75. The molecule has 14 nitrogen and oxygen atoms in total. The molecular weight excluding hydrogens is 918 g/mol. The van der Waals surface area contributed by atoms with Crippen LogP contribution >= 0.6 is 73.8 Å². The molecule has 0 unspecified atom stereocenters. The van der Waals surface area contributed by atoms with Gasteiger partial charge in [-0.25, -0.2) is 24.5 Å². The molecule has 0 amide bonds. The van der Waals surface area contributed by atoms with Crippen molar-refractivity contribution in [2.45, 2.75) is 108 Å².